The van der Waals surface area contributed by atoms with Crippen molar-refractivity contribution in [1.82, 2.24) is 0 Å². The van der Waals surface area contributed by atoms with Crippen molar-refractivity contribution in [1.29, 1.82) is 0 Å². The predicted octanol–water partition coefficient (Wildman–Crippen LogP) is 3.28. The van der Waals surface area contributed by atoms with Gasteiger partial charge >= 0.3 is 0 Å². The van der Waals surface area contributed by atoms with Crippen LogP contribution in [0.25, 0.3) is 0 Å². The molecule has 3 saturated carbocycles. The second-order valence-corrected chi connectivity index (χ2v) is 9.76. The summed E-state index contributed by atoms with van der Waals surface area (Å²) in [5.74, 6) is 2.05. The highest BCUT2D eigenvalue weighted by molar-refractivity contribution is 5.29. The number of hydrogen-bond donors (Lipinski definition) is 3. The quantitative estimate of drug-likeness (QED) is 0.645. The van der Waals surface area contributed by atoms with Crippen LogP contribution < -0.4 is 0 Å². The van der Waals surface area contributed by atoms with Crippen molar-refractivity contribution in [2.45, 2.75) is 84.0 Å². The lowest BCUT2D eigenvalue weighted by Gasteiger charge is -2.62. The molecule has 3 heteroatoms. The number of fused-ring (bicyclic) bond motifs is 5. The Labute approximate surface area is 146 Å². The van der Waals surface area contributed by atoms with Crippen molar-refractivity contribution in [3.63, 3.8) is 0 Å². The molecule has 0 aliphatic heterocycles. The summed E-state index contributed by atoms with van der Waals surface area (Å²) < 4.78 is 0. The molecule has 0 aromatic rings. The number of aliphatic hydroxyl groups is 3. The molecule has 4 rings (SSSR count). The summed E-state index contributed by atoms with van der Waals surface area (Å²) in [5.41, 5.74) is 1.30. The van der Waals surface area contributed by atoms with E-state index in [-0.39, 0.29) is 23.0 Å². The summed E-state index contributed by atoms with van der Waals surface area (Å²) in [7, 11) is 0. The number of aliphatic hydroxyl groups excluding tert-OH is 3. The van der Waals surface area contributed by atoms with Crippen LogP contribution in [0.4, 0.5) is 0 Å². The van der Waals surface area contributed by atoms with Gasteiger partial charge in [-0.15, -0.1) is 0 Å². The molecular formula is C21H34O3. The SMILES string of the molecule is CC(O)C1=CCC2C3CCC4C[C@@H](O)CC[C@@]4(C)C3[C@@H](O)C[C@]12C. The molecule has 0 aromatic heterocycles. The van der Waals surface area contributed by atoms with Crippen LogP contribution in [0.5, 0.6) is 0 Å². The average Bonchev–Trinajstić information content (AvgIpc) is 2.84. The largest absolute Gasteiger partial charge is 0.393 e. The van der Waals surface area contributed by atoms with E-state index in [9.17, 15) is 15.3 Å². The Morgan fingerprint density at radius 1 is 1.17 bits per heavy atom. The van der Waals surface area contributed by atoms with Gasteiger partial charge in [-0.25, -0.2) is 0 Å². The van der Waals surface area contributed by atoms with E-state index in [1.165, 1.54) is 12.8 Å². The summed E-state index contributed by atoms with van der Waals surface area (Å²) >= 11 is 0. The molecule has 0 aromatic carbocycles. The highest BCUT2D eigenvalue weighted by Gasteiger charge is 2.61. The van der Waals surface area contributed by atoms with Gasteiger partial charge in [-0.2, -0.15) is 0 Å². The lowest BCUT2D eigenvalue weighted by atomic mass is 9.44. The van der Waals surface area contributed by atoms with E-state index in [0.717, 1.165) is 37.7 Å². The molecule has 3 nitrogen and oxygen atoms in total. The third kappa shape index (κ3) is 2.20. The Morgan fingerprint density at radius 2 is 1.92 bits per heavy atom. The molecule has 24 heavy (non-hydrogen) atoms. The van der Waals surface area contributed by atoms with E-state index >= 15 is 0 Å². The topological polar surface area (TPSA) is 60.7 Å². The maximum absolute atomic E-state index is 11.2. The van der Waals surface area contributed by atoms with E-state index in [2.05, 4.69) is 19.9 Å². The predicted molar refractivity (Wildman–Crippen MR) is 94.3 cm³/mol. The van der Waals surface area contributed by atoms with Gasteiger partial charge in [0.05, 0.1) is 18.3 Å². The highest BCUT2D eigenvalue weighted by atomic mass is 16.3. The Hall–Kier alpha value is -0.380. The van der Waals surface area contributed by atoms with Crippen LogP contribution in [0, 0.1) is 34.5 Å². The van der Waals surface area contributed by atoms with Crippen LogP contribution in [-0.2, 0) is 0 Å². The first-order valence-electron chi connectivity index (χ1n) is 10.0. The molecule has 3 fully saturated rings. The summed E-state index contributed by atoms with van der Waals surface area (Å²) in [6.45, 7) is 6.55. The molecule has 0 amide bonds. The third-order valence-electron chi connectivity index (χ3n) is 8.66. The van der Waals surface area contributed by atoms with Crippen LogP contribution in [0.3, 0.4) is 0 Å². The molecule has 4 aliphatic rings. The van der Waals surface area contributed by atoms with Crippen molar-refractivity contribution < 1.29 is 15.3 Å². The Bertz CT molecular complexity index is 541. The van der Waals surface area contributed by atoms with E-state index in [4.69, 9.17) is 0 Å². The zero-order chi connectivity index (χ0) is 17.3. The lowest BCUT2D eigenvalue weighted by Crippen LogP contribution is -2.59. The first kappa shape index (κ1) is 17.1. The molecule has 0 spiro atoms. The van der Waals surface area contributed by atoms with E-state index in [0.29, 0.717) is 23.7 Å². The average molecular weight is 335 g/mol. The molecule has 4 aliphatic carbocycles. The molecular weight excluding hydrogens is 300 g/mol. The minimum absolute atomic E-state index is 0.0356. The molecule has 0 radical (unpaired) electrons. The van der Waals surface area contributed by atoms with Gasteiger partial charge in [-0.1, -0.05) is 19.9 Å². The molecule has 9 atom stereocenters. The van der Waals surface area contributed by atoms with E-state index < -0.39 is 6.10 Å². The molecule has 0 bridgehead atoms. The second-order valence-electron chi connectivity index (χ2n) is 9.76. The zero-order valence-electron chi connectivity index (χ0n) is 15.4. The molecule has 3 N–H and O–H groups in total. The van der Waals surface area contributed by atoms with Gasteiger partial charge in [0.2, 0.25) is 0 Å². The fourth-order valence-electron chi connectivity index (χ4n) is 7.61. The van der Waals surface area contributed by atoms with Gasteiger partial charge in [0.15, 0.2) is 0 Å². The maximum atomic E-state index is 11.2. The van der Waals surface area contributed by atoms with Gasteiger partial charge in [0, 0.05) is 0 Å². The Balaban J connectivity index is 1.67. The third-order valence-corrected chi connectivity index (χ3v) is 8.66. The summed E-state index contributed by atoms with van der Waals surface area (Å²) in [6, 6.07) is 0. The van der Waals surface area contributed by atoms with Crippen LogP contribution in [0.15, 0.2) is 11.6 Å². The van der Waals surface area contributed by atoms with Crippen molar-refractivity contribution >= 4 is 0 Å². The standard InChI is InChI=1S/C21H34O3/c1-12(22)16-6-7-17-15-5-4-13-10-14(23)8-9-20(13,2)19(15)18(24)11-21(16,17)3/h6,12-15,17-19,22-24H,4-5,7-11H2,1-3H3/t12?,13?,14-,15?,17?,18-,19?,20+,21+/m0/s1. The van der Waals surface area contributed by atoms with Crippen molar-refractivity contribution in [3.8, 4) is 0 Å². The minimum Gasteiger partial charge on any atom is -0.393 e. The van der Waals surface area contributed by atoms with Gasteiger partial charge in [-0.05, 0) is 91.9 Å². The summed E-state index contributed by atoms with van der Waals surface area (Å²) in [6.07, 6.45) is 8.54. The Kier molecular flexibility index (Phi) is 3.95. The van der Waals surface area contributed by atoms with Crippen LogP contribution >= 0.6 is 0 Å². The first-order valence-corrected chi connectivity index (χ1v) is 10.0. The monoisotopic (exact) mass is 334 g/mol. The highest BCUT2D eigenvalue weighted by Crippen LogP contribution is 2.66. The van der Waals surface area contributed by atoms with Crippen LogP contribution in [0.1, 0.15) is 65.7 Å². The van der Waals surface area contributed by atoms with Crippen molar-refractivity contribution in [2.24, 2.45) is 34.5 Å². The molecule has 0 heterocycles. The summed E-state index contributed by atoms with van der Waals surface area (Å²) in [4.78, 5) is 0. The van der Waals surface area contributed by atoms with Crippen LogP contribution in [-0.4, -0.2) is 33.6 Å². The maximum Gasteiger partial charge on any atom is 0.0727 e. The van der Waals surface area contributed by atoms with Crippen molar-refractivity contribution in [2.75, 3.05) is 0 Å². The fourth-order valence-corrected chi connectivity index (χ4v) is 7.61. The molecule has 0 saturated heterocycles. The first-order chi connectivity index (χ1) is 11.3. The van der Waals surface area contributed by atoms with Gasteiger partial charge in [-0.3, -0.25) is 0 Å². The Morgan fingerprint density at radius 3 is 2.62 bits per heavy atom. The number of rotatable bonds is 1. The van der Waals surface area contributed by atoms with Crippen molar-refractivity contribution in [3.05, 3.63) is 11.6 Å². The summed E-state index contributed by atoms with van der Waals surface area (Å²) in [5, 5.41) is 31.6. The van der Waals surface area contributed by atoms with E-state index in [1.807, 2.05) is 6.92 Å². The minimum atomic E-state index is -0.402. The smallest absolute Gasteiger partial charge is 0.0727 e. The van der Waals surface area contributed by atoms with Crippen LogP contribution in [0.2, 0.25) is 0 Å². The number of allylic oxidation sites excluding steroid dienone is 1. The lowest BCUT2D eigenvalue weighted by molar-refractivity contribution is -0.169. The van der Waals surface area contributed by atoms with Gasteiger partial charge in [0.1, 0.15) is 0 Å². The molecule has 136 valence electrons. The molecule has 5 unspecified atom stereocenters. The van der Waals surface area contributed by atoms with E-state index in [1.54, 1.807) is 0 Å². The second kappa shape index (κ2) is 5.56. The zero-order valence-corrected chi connectivity index (χ0v) is 15.4. The van der Waals surface area contributed by atoms with Gasteiger partial charge in [0.25, 0.3) is 0 Å². The number of hydrogen-bond acceptors (Lipinski definition) is 3. The normalized spacial score (nSPS) is 55.2. The fraction of sp³-hybridized carbons (Fsp3) is 0.905. The van der Waals surface area contributed by atoms with Gasteiger partial charge < -0.3 is 15.3 Å².